The van der Waals surface area contributed by atoms with Gasteiger partial charge in [-0.1, -0.05) is 11.6 Å². The lowest BCUT2D eigenvalue weighted by Crippen LogP contribution is -2.42. The van der Waals surface area contributed by atoms with Crippen LogP contribution in [0.25, 0.3) is 0 Å². The van der Waals surface area contributed by atoms with E-state index in [2.05, 4.69) is 9.98 Å². The Hall–Kier alpha value is -1.31. The molecule has 0 saturated heterocycles. The molecule has 110 valence electrons. The fraction of sp³-hybridized carbons (Fsp3) is 0.455. The minimum atomic E-state index is -4.87. The first kappa shape index (κ1) is 15.1. The molecule has 0 fully saturated rings. The first-order valence-electron chi connectivity index (χ1n) is 5.39. The van der Waals surface area contributed by atoms with E-state index in [1.54, 1.807) is 0 Å². The molecule has 0 spiro atoms. The van der Waals surface area contributed by atoms with E-state index < -0.39 is 40.6 Å². The molecule has 0 N–H and O–H groups in total. The van der Waals surface area contributed by atoms with E-state index in [-0.39, 0.29) is 6.54 Å². The molecule has 1 unspecified atom stereocenters. The van der Waals surface area contributed by atoms with Crippen molar-refractivity contribution >= 4 is 17.8 Å². The average molecular weight is 317 g/mol. The molecule has 0 amide bonds. The summed E-state index contributed by atoms with van der Waals surface area (Å²) >= 11 is 5.42. The molecule has 1 atom stereocenters. The summed E-state index contributed by atoms with van der Waals surface area (Å²) in [7, 11) is 0. The number of aromatic nitrogens is 1. The Morgan fingerprint density at radius 1 is 1.10 bits per heavy atom. The van der Waals surface area contributed by atoms with E-state index in [9.17, 15) is 26.3 Å². The van der Waals surface area contributed by atoms with E-state index in [0.717, 1.165) is 6.07 Å². The largest absolute Gasteiger partial charge is 0.433 e. The third-order valence-electron chi connectivity index (χ3n) is 3.05. The number of hydrogen-bond acceptors (Lipinski definition) is 2. The Labute approximate surface area is 114 Å². The Bertz CT molecular complexity index is 551. The first-order valence-corrected chi connectivity index (χ1v) is 5.77. The standard InChI is InChI=1S/C11H7ClF6N2/c12-8-4-6(3-7(20-8)10(13,14)15)9(11(16,17)18)1-2-19-5-9/h3-5H,1-2H2. The molecule has 2 heterocycles. The van der Waals surface area contributed by atoms with Crippen LogP contribution in [0.4, 0.5) is 26.3 Å². The maximum atomic E-state index is 13.2. The molecular weight excluding hydrogens is 310 g/mol. The molecule has 0 aromatic carbocycles. The summed E-state index contributed by atoms with van der Waals surface area (Å²) < 4.78 is 77.5. The highest BCUT2D eigenvalue weighted by atomic mass is 35.5. The second-order valence-corrected chi connectivity index (χ2v) is 4.70. The summed E-state index contributed by atoms with van der Waals surface area (Å²) in [6, 6.07) is 1.17. The van der Waals surface area contributed by atoms with E-state index in [4.69, 9.17) is 11.6 Å². The van der Waals surface area contributed by atoms with Gasteiger partial charge >= 0.3 is 12.4 Å². The zero-order valence-corrected chi connectivity index (χ0v) is 10.4. The van der Waals surface area contributed by atoms with Gasteiger partial charge in [0.2, 0.25) is 0 Å². The second-order valence-electron chi connectivity index (χ2n) is 4.32. The molecule has 0 radical (unpaired) electrons. The van der Waals surface area contributed by atoms with E-state index in [1.807, 2.05) is 0 Å². The fourth-order valence-electron chi connectivity index (χ4n) is 2.02. The van der Waals surface area contributed by atoms with Gasteiger partial charge in [0.05, 0.1) is 0 Å². The van der Waals surface area contributed by atoms with Gasteiger partial charge < -0.3 is 0 Å². The quantitative estimate of drug-likeness (QED) is 0.567. The lowest BCUT2D eigenvalue weighted by molar-refractivity contribution is -0.168. The molecule has 0 bridgehead atoms. The van der Waals surface area contributed by atoms with Crippen molar-refractivity contribution in [1.29, 1.82) is 0 Å². The minimum absolute atomic E-state index is 0.110. The highest BCUT2D eigenvalue weighted by Gasteiger charge is 2.56. The van der Waals surface area contributed by atoms with Gasteiger partial charge in [-0.05, 0) is 24.1 Å². The minimum Gasteiger partial charge on any atom is -0.296 e. The first-order chi connectivity index (χ1) is 9.06. The molecule has 0 aliphatic carbocycles. The number of halogens is 7. The highest BCUT2D eigenvalue weighted by Crippen LogP contribution is 2.46. The third-order valence-corrected chi connectivity index (χ3v) is 3.25. The van der Waals surface area contributed by atoms with Crippen molar-refractivity contribution in [3.05, 3.63) is 28.5 Å². The predicted molar refractivity (Wildman–Crippen MR) is 60.0 cm³/mol. The lowest BCUT2D eigenvalue weighted by atomic mass is 9.79. The normalized spacial score (nSPS) is 23.4. The van der Waals surface area contributed by atoms with Gasteiger partial charge in [0, 0.05) is 12.8 Å². The average Bonchev–Trinajstić information content (AvgIpc) is 2.76. The van der Waals surface area contributed by atoms with Gasteiger partial charge in [0.1, 0.15) is 16.3 Å². The summed E-state index contributed by atoms with van der Waals surface area (Å²) in [5.74, 6) is 0. The third kappa shape index (κ3) is 2.48. The summed E-state index contributed by atoms with van der Waals surface area (Å²) in [6.07, 6.45) is -9.45. The highest BCUT2D eigenvalue weighted by molar-refractivity contribution is 6.29. The fourth-order valence-corrected chi connectivity index (χ4v) is 2.23. The number of nitrogens with zero attached hydrogens (tertiary/aromatic N) is 2. The van der Waals surface area contributed by atoms with Crippen LogP contribution in [0.2, 0.25) is 5.15 Å². The maximum Gasteiger partial charge on any atom is 0.433 e. The molecule has 2 rings (SSSR count). The number of alkyl halides is 6. The topological polar surface area (TPSA) is 25.2 Å². The molecule has 0 saturated carbocycles. The Kier molecular flexibility index (Phi) is 3.48. The molecule has 1 aliphatic rings. The zero-order chi connectivity index (χ0) is 15.2. The molecule has 20 heavy (non-hydrogen) atoms. The maximum absolute atomic E-state index is 13.2. The number of hydrogen-bond donors (Lipinski definition) is 0. The van der Waals surface area contributed by atoms with Crippen molar-refractivity contribution in [2.24, 2.45) is 4.99 Å². The molecule has 1 aromatic rings. The van der Waals surface area contributed by atoms with Crippen LogP contribution < -0.4 is 0 Å². The van der Waals surface area contributed by atoms with Crippen LogP contribution in [0.15, 0.2) is 17.1 Å². The smallest absolute Gasteiger partial charge is 0.296 e. The van der Waals surface area contributed by atoms with Gasteiger partial charge in [0.25, 0.3) is 0 Å². The predicted octanol–water partition coefficient (Wildman–Crippen LogP) is 4.03. The van der Waals surface area contributed by atoms with E-state index >= 15 is 0 Å². The summed E-state index contributed by atoms with van der Waals surface area (Å²) in [6.45, 7) is -0.110. The Morgan fingerprint density at radius 3 is 2.20 bits per heavy atom. The van der Waals surface area contributed by atoms with Crippen molar-refractivity contribution in [3.63, 3.8) is 0 Å². The molecule has 1 aromatic heterocycles. The molecule has 1 aliphatic heterocycles. The monoisotopic (exact) mass is 316 g/mol. The van der Waals surface area contributed by atoms with Crippen LogP contribution in [-0.4, -0.2) is 23.9 Å². The van der Waals surface area contributed by atoms with Crippen LogP contribution >= 0.6 is 11.6 Å². The number of aliphatic imine (C=N–C) groups is 1. The van der Waals surface area contributed by atoms with Gasteiger partial charge in [-0.2, -0.15) is 26.3 Å². The van der Waals surface area contributed by atoms with Gasteiger partial charge in [0.15, 0.2) is 0 Å². The van der Waals surface area contributed by atoms with E-state index in [0.29, 0.717) is 12.3 Å². The Balaban J connectivity index is 2.62. The molecular formula is C11H7ClF6N2. The van der Waals surface area contributed by atoms with Crippen molar-refractivity contribution in [2.45, 2.75) is 24.2 Å². The number of pyridine rings is 1. The van der Waals surface area contributed by atoms with E-state index in [1.165, 1.54) is 0 Å². The molecule has 9 heteroatoms. The van der Waals surface area contributed by atoms with Gasteiger partial charge in [-0.25, -0.2) is 4.98 Å². The summed E-state index contributed by atoms with van der Waals surface area (Å²) in [4.78, 5) is 6.53. The van der Waals surface area contributed by atoms with Crippen molar-refractivity contribution in [1.82, 2.24) is 4.98 Å². The van der Waals surface area contributed by atoms with Crippen LogP contribution in [0.3, 0.4) is 0 Å². The molecule has 2 nitrogen and oxygen atoms in total. The van der Waals surface area contributed by atoms with Gasteiger partial charge in [-0.3, -0.25) is 4.99 Å². The zero-order valence-electron chi connectivity index (χ0n) is 9.69. The summed E-state index contributed by atoms with van der Waals surface area (Å²) in [5.41, 5.74) is -4.60. The second kappa shape index (κ2) is 4.61. The van der Waals surface area contributed by atoms with Crippen LogP contribution in [0.1, 0.15) is 17.7 Å². The summed E-state index contributed by atoms with van der Waals surface area (Å²) in [5, 5.41) is -0.640. The SMILES string of the molecule is FC(F)(F)c1cc(C2(C(F)(F)F)C=NCC2)cc(Cl)n1. The van der Waals surface area contributed by atoms with Gasteiger partial charge in [-0.15, -0.1) is 0 Å². The lowest BCUT2D eigenvalue weighted by Gasteiger charge is -2.29. The Morgan fingerprint density at radius 2 is 1.75 bits per heavy atom. The van der Waals surface area contributed by atoms with Crippen molar-refractivity contribution < 1.29 is 26.3 Å². The number of rotatable bonds is 1. The van der Waals surface area contributed by atoms with Crippen LogP contribution in [-0.2, 0) is 11.6 Å². The van der Waals surface area contributed by atoms with Crippen molar-refractivity contribution in [2.75, 3.05) is 6.54 Å². The van der Waals surface area contributed by atoms with Crippen LogP contribution in [0, 0.1) is 0 Å². The van der Waals surface area contributed by atoms with Crippen molar-refractivity contribution in [3.8, 4) is 0 Å². The van der Waals surface area contributed by atoms with Crippen LogP contribution in [0.5, 0.6) is 0 Å².